The predicted octanol–water partition coefficient (Wildman–Crippen LogP) is 2.78. The molecule has 1 amide bonds. The van der Waals surface area contributed by atoms with Crippen LogP contribution in [-0.4, -0.2) is 36.9 Å². The van der Waals surface area contributed by atoms with Gasteiger partial charge in [-0.05, 0) is 51.3 Å². The van der Waals surface area contributed by atoms with Gasteiger partial charge in [0.1, 0.15) is 16.4 Å². The molecule has 2 heterocycles. The van der Waals surface area contributed by atoms with Gasteiger partial charge in [0.05, 0.1) is 0 Å². The number of aryl methyl sites for hydroxylation is 3. The zero-order chi connectivity index (χ0) is 19.8. The average Bonchev–Trinajstić information content (AvgIpc) is 2.97. The van der Waals surface area contributed by atoms with Crippen molar-refractivity contribution in [1.82, 2.24) is 9.46 Å². The van der Waals surface area contributed by atoms with Crippen LogP contribution in [0.4, 0.5) is 10.1 Å². The number of carbonyl (C=O) groups excluding carboxylic acids is 1. The molecule has 0 bridgehead atoms. The number of amides is 1. The maximum Gasteiger partial charge on any atom is 0.248 e. The van der Waals surface area contributed by atoms with Crippen LogP contribution in [-0.2, 0) is 14.8 Å². The monoisotopic (exact) mass is 395 g/mol. The Morgan fingerprint density at radius 2 is 1.93 bits per heavy atom. The van der Waals surface area contributed by atoms with Crippen molar-refractivity contribution in [2.75, 3.05) is 18.4 Å². The summed E-state index contributed by atoms with van der Waals surface area (Å²) in [6, 6.07) is 4.53. The first-order chi connectivity index (χ1) is 12.7. The Balaban J connectivity index is 1.64. The number of benzene rings is 1. The lowest BCUT2D eigenvalue weighted by Gasteiger charge is -2.30. The first-order valence-corrected chi connectivity index (χ1v) is 10.1. The molecule has 0 radical (unpaired) electrons. The Morgan fingerprint density at radius 1 is 1.26 bits per heavy atom. The molecule has 1 aromatic carbocycles. The topological polar surface area (TPSA) is 92.5 Å². The van der Waals surface area contributed by atoms with Gasteiger partial charge in [0.25, 0.3) is 0 Å². The molecule has 1 saturated heterocycles. The highest BCUT2D eigenvalue weighted by Gasteiger charge is 2.35. The number of hydrogen-bond donors (Lipinski definition) is 1. The summed E-state index contributed by atoms with van der Waals surface area (Å²) in [5.74, 6) is -0.680. The second-order valence-electron chi connectivity index (χ2n) is 6.78. The van der Waals surface area contributed by atoms with Gasteiger partial charge in [-0.3, -0.25) is 4.79 Å². The number of carbonyl (C=O) groups is 1. The second-order valence-corrected chi connectivity index (χ2v) is 8.66. The molecule has 2 aromatic rings. The quantitative estimate of drug-likeness (QED) is 0.859. The summed E-state index contributed by atoms with van der Waals surface area (Å²) >= 11 is 0. The fraction of sp³-hybridized carbons (Fsp3) is 0.444. The minimum absolute atomic E-state index is 0.0977. The molecule has 1 aliphatic rings. The van der Waals surface area contributed by atoms with Crippen LogP contribution in [0.15, 0.2) is 27.6 Å². The van der Waals surface area contributed by atoms with Gasteiger partial charge in [-0.2, -0.15) is 4.31 Å². The third kappa shape index (κ3) is 3.89. The third-order valence-electron chi connectivity index (χ3n) is 4.83. The van der Waals surface area contributed by atoms with Gasteiger partial charge in [0.15, 0.2) is 5.76 Å². The largest absolute Gasteiger partial charge is 0.360 e. The highest BCUT2D eigenvalue weighted by Crippen LogP contribution is 2.28. The zero-order valence-electron chi connectivity index (χ0n) is 15.5. The van der Waals surface area contributed by atoms with Crippen molar-refractivity contribution in [1.29, 1.82) is 0 Å². The Morgan fingerprint density at radius 3 is 2.48 bits per heavy atom. The van der Waals surface area contributed by atoms with E-state index < -0.39 is 10.0 Å². The van der Waals surface area contributed by atoms with E-state index in [1.807, 2.05) is 0 Å². The van der Waals surface area contributed by atoms with Crippen molar-refractivity contribution >= 4 is 21.6 Å². The molecular weight excluding hydrogens is 373 g/mol. The number of anilines is 1. The molecule has 3 rings (SSSR count). The highest BCUT2D eigenvalue weighted by atomic mass is 32.2. The van der Waals surface area contributed by atoms with Crippen molar-refractivity contribution in [2.45, 2.75) is 38.5 Å². The van der Waals surface area contributed by atoms with Crippen LogP contribution in [0.5, 0.6) is 0 Å². The Hall–Kier alpha value is -2.26. The Labute approximate surface area is 157 Å². The standard InChI is InChI=1S/C18H22FN3O4S/c1-11-4-5-15(10-16(11)19)20-18(23)14-6-8-22(9-7-14)27(24,25)17-12(2)21-26-13(17)3/h4-5,10,14H,6-9H2,1-3H3,(H,20,23). The number of halogens is 1. The maximum atomic E-state index is 13.6. The summed E-state index contributed by atoms with van der Waals surface area (Å²) in [6.07, 6.45) is 0.783. The number of nitrogens with one attached hydrogen (secondary N) is 1. The lowest BCUT2D eigenvalue weighted by atomic mass is 9.97. The molecule has 1 fully saturated rings. The molecule has 0 unspecified atom stereocenters. The van der Waals surface area contributed by atoms with E-state index in [4.69, 9.17) is 4.52 Å². The SMILES string of the molecule is Cc1ccc(NC(=O)C2CCN(S(=O)(=O)c3c(C)noc3C)CC2)cc1F. The summed E-state index contributed by atoms with van der Waals surface area (Å²) in [5, 5.41) is 6.41. The highest BCUT2D eigenvalue weighted by molar-refractivity contribution is 7.89. The molecule has 1 aromatic heterocycles. The molecule has 1 N–H and O–H groups in total. The molecule has 0 spiro atoms. The number of sulfonamides is 1. The van der Waals surface area contributed by atoms with Crippen molar-refractivity contribution in [2.24, 2.45) is 5.92 Å². The average molecular weight is 395 g/mol. The number of rotatable bonds is 4. The van der Waals surface area contributed by atoms with E-state index in [-0.39, 0.29) is 41.4 Å². The van der Waals surface area contributed by atoms with E-state index in [1.165, 1.54) is 10.4 Å². The van der Waals surface area contributed by atoms with Crippen molar-refractivity contribution < 1.29 is 22.1 Å². The van der Waals surface area contributed by atoms with Crippen LogP contribution in [0.25, 0.3) is 0 Å². The minimum atomic E-state index is -3.70. The first-order valence-electron chi connectivity index (χ1n) is 8.70. The number of piperidine rings is 1. The maximum absolute atomic E-state index is 13.6. The van der Waals surface area contributed by atoms with E-state index in [9.17, 15) is 17.6 Å². The molecule has 0 saturated carbocycles. The van der Waals surface area contributed by atoms with Crippen LogP contribution in [0, 0.1) is 32.5 Å². The van der Waals surface area contributed by atoms with Gasteiger partial charge in [0, 0.05) is 24.7 Å². The van der Waals surface area contributed by atoms with Crippen LogP contribution >= 0.6 is 0 Å². The van der Waals surface area contributed by atoms with Crippen LogP contribution in [0.3, 0.4) is 0 Å². The summed E-state index contributed by atoms with van der Waals surface area (Å²) < 4.78 is 45.6. The summed E-state index contributed by atoms with van der Waals surface area (Å²) in [6.45, 7) is 5.26. The smallest absolute Gasteiger partial charge is 0.248 e. The molecule has 7 nitrogen and oxygen atoms in total. The van der Waals surface area contributed by atoms with E-state index in [0.29, 0.717) is 29.8 Å². The predicted molar refractivity (Wildman–Crippen MR) is 97.2 cm³/mol. The van der Waals surface area contributed by atoms with E-state index in [0.717, 1.165) is 0 Å². The fourth-order valence-corrected chi connectivity index (χ4v) is 5.01. The van der Waals surface area contributed by atoms with Crippen molar-refractivity contribution in [3.63, 3.8) is 0 Å². The van der Waals surface area contributed by atoms with Gasteiger partial charge in [0.2, 0.25) is 15.9 Å². The third-order valence-corrected chi connectivity index (χ3v) is 6.97. The van der Waals surface area contributed by atoms with Gasteiger partial charge in [-0.25, -0.2) is 12.8 Å². The minimum Gasteiger partial charge on any atom is -0.360 e. The molecule has 0 aliphatic carbocycles. The van der Waals surface area contributed by atoms with E-state index in [2.05, 4.69) is 10.5 Å². The normalized spacial score (nSPS) is 16.4. The van der Waals surface area contributed by atoms with E-state index >= 15 is 0 Å². The number of nitrogens with zero attached hydrogens (tertiary/aromatic N) is 2. The molecule has 27 heavy (non-hydrogen) atoms. The lowest BCUT2D eigenvalue weighted by molar-refractivity contribution is -0.120. The summed E-state index contributed by atoms with van der Waals surface area (Å²) in [4.78, 5) is 12.5. The van der Waals surface area contributed by atoms with Crippen molar-refractivity contribution in [3.8, 4) is 0 Å². The Bertz CT molecular complexity index is 943. The number of aromatic nitrogens is 1. The molecule has 0 atom stereocenters. The molecular formula is C18H22FN3O4S. The van der Waals surface area contributed by atoms with Gasteiger partial charge >= 0.3 is 0 Å². The molecule has 9 heteroatoms. The van der Waals surface area contributed by atoms with E-state index in [1.54, 1.807) is 32.9 Å². The Kier molecular flexibility index (Phi) is 5.34. The van der Waals surface area contributed by atoms with Crippen LogP contribution in [0.1, 0.15) is 29.9 Å². The first kappa shape index (κ1) is 19.5. The van der Waals surface area contributed by atoms with Crippen LogP contribution in [0.2, 0.25) is 0 Å². The van der Waals surface area contributed by atoms with Gasteiger partial charge in [-0.15, -0.1) is 0 Å². The second kappa shape index (κ2) is 7.40. The molecule has 146 valence electrons. The summed E-state index contributed by atoms with van der Waals surface area (Å²) in [7, 11) is -3.70. The molecule has 1 aliphatic heterocycles. The van der Waals surface area contributed by atoms with Crippen LogP contribution < -0.4 is 5.32 Å². The fourth-order valence-electron chi connectivity index (χ4n) is 3.25. The zero-order valence-corrected chi connectivity index (χ0v) is 16.3. The lowest BCUT2D eigenvalue weighted by Crippen LogP contribution is -2.41. The summed E-state index contributed by atoms with van der Waals surface area (Å²) in [5.41, 5.74) is 1.23. The van der Waals surface area contributed by atoms with Crippen molar-refractivity contribution in [3.05, 3.63) is 41.0 Å². The van der Waals surface area contributed by atoms with Gasteiger partial charge < -0.3 is 9.84 Å². The number of hydrogen-bond acceptors (Lipinski definition) is 5. The van der Waals surface area contributed by atoms with Gasteiger partial charge in [-0.1, -0.05) is 11.2 Å².